The van der Waals surface area contributed by atoms with Gasteiger partial charge in [0.15, 0.2) is 17.1 Å². The number of carbonyl (C=O) groups is 1. The van der Waals surface area contributed by atoms with Crippen molar-refractivity contribution < 1.29 is 4.79 Å². The largest absolute Gasteiger partial charge is 0.342 e. The summed E-state index contributed by atoms with van der Waals surface area (Å²) in [6.45, 7) is 0. The van der Waals surface area contributed by atoms with Crippen LogP contribution in [0.4, 0.5) is 0 Å². The molecule has 1 amide bonds. The van der Waals surface area contributed by atoms with Gasteiger partial charge in [0.1, 0.15) is 0 Å². The maximum atomic E-state index is 12.8. The number of hydrogen-bond acceptors (Lipinski definition) is 7. The summed E-state index contributed by atoms with van der Waals surface area (Å²) in [5.74, 6) is 1.39. The van der Waals surface area contributed by atoms with E-state index < -0.39 is 0 Å². The number of amides is 1. The lowest BCUT2D eigenvalue weighted by Crippen LogP contribution is -2.30. The second-order valence-corrected chi connectivity index (χ2v) is 6.68. The van der Waals surface area contributed by atoms with E-state index in [9.17, 15) is 4.79 Å². The molecule has 0 saturated heterocycles. The van der Waals surface area contributed by atoms with E-state index in [-0.39, 0.29) is 11.9 Å². The van der Waals surface area contributed by atoms with Crippen LogP contribution in [0.1, 0.15) is 28.6 Å². The molecule has 4 aromatic rings. The van der Waals surface area contributed by atoms with Crippen molar-refractivity contribution in [3.05, 3.63) is 54.1 Å². The minimum Gasteiger partial charge on any atom is -0.342 e. The van der Waals surface area contributed by atoms with Crippen molar-refractivity contribution in [1.29, 1.82) is 0 Å². The van der Waals surface area contributed by atoms with Crippen molar-refractivity contribution in [2.45, 2.75) is 12.5 Å². The number of nitrogens with one attached hydrogen (secondary N) is 1. The lowest BCUT2D eigenvalue weighted by atomic mass is 10.2. The van der Waals surface area contributed by atoms with Crippen LogP contribution in [0.25, 0.3) is 11.3 Å². The fourth-order valence-corrected chi connectivity index (χ4v) is 3.19. The summed E-state index contributed by atoms with van der Waals surface area (Å²) in [6, 6.07) is 8.86. The highest BCUT2D eigenvalue weighted by molar-refractivity contribution is 7.98. The van der Waals surface area contributed by atoms with Crippen molar-refractivity contribution in [3.63, 3.8) is 0 Å². The van der Waals surface area contributed by atoms with Gasteiger partial charge >= 0.3 is 0 Å². The summed E-state index contributed by atoms with van der Waals surface area (Å²) in [6.07, 6.45) is 6.29. The van der Waals surface area contributed by atoms with Crippen molar-refractivity contribution in [2.75, 3.05) is 12.0 Å². The minimum atomic E-state index is -0.253. The molecule has 0 bridgehead atoms. The van der Waals surface area contributed by atoms with Crippen LogP contribution in [-0.4, -0.2) is 52.6 Å². The number of carbonyl (C=O) groups excluding carboxylic acids is 1. The second-order valence-electron chi connectivity index (χ2n) is 5.69. The van der Waals surface area contributed by atoms with E-state index in [2.05, 4.69) is 31.0 Å². The third-order valence-corrected chi connectivity index (χ3v) is 4.67. The molecule has 1 N–H and O–H groups in total. The predicted octanol–water partition coefficient (Wildman–Crippen LogP) is 1.39. The molecule has 0 unspecified atom stereocenters. The molecule has 9 nitrogen and oxygen atoms in total. The molecule has 0 aliphatic rings. The number of hydrogen-bond donors (Lipinski definition) is 1. The Balaban J connectivity index is 1.63. The highest BCUT2D eigenvalue weighted by Gasteiger charge is 2.21. The lowest BCUT2D eigenvalue weighted by molar-refractivity contribution is 0.0933. The molecule has 10 heteroatoms. The zero-order valence-electron chi connectivity index (χ0n) is 14.0. The Hall–Kier alpha value is -3.01. The maximum Gasteiger partial charge on any atom is 0.253 e. The SMILES string of the molecule is CSCC[C@@H](NC(=O)c1ccc2nnnn2c1)c1nnc2ccccn12. The fraction of sp³-hybridized carbons (Fsp3) is 0.250. The van der Waals surface area contributed by atoms with Gasteiger partial charge in [0.05, 0.1) is 11.6 Å². The average Bonchev–Trinajstić information content (AvgIpc) is 3.31. The Morgan fingerprint density at radius 1 is 1.19 bits per heavy atom. The molecular formula is C16H16N8OS. The topological polar surface area (TPSA) is 102 Å². The third kappa shape index (κ3) is 3.10. The Bertz CT molecular complexity index is 1060. The van der Waals surface area contributed by atoms with Gasteiger partial charge in [0.25, 0.3) is 5.91 Å². The Labute approximate surface area is 152 Å². The third-order valence-electron chi connectivity index (χ3n) is 4.02. The van der Waals surface area contributed by atoms with Gasteiger partial charge in [-0.15, -0.1) is 15.3 Å². The predicted molar refractivity (Wildman–Crippen MR) is 97.0 cm³/mol. The van der Waals surface area contributed by atoms with E-state index in [0.717, 1.165) is 17.8 Å². The number of fused-ring (bicyclic) bond motifs is 2. The van der Waals surface area contributed by atoms with Crippen LogP contribution in [0.5, 0.6) is 0 Å². The van der Waals surface area contributed by atoms with E-state index in [1.54, 1.807) is 30.1 Å². The summed E-state index contributed by atoms with van der Waals surface area (Å²) in [4.78, 5) is 12.8. The van der Waals surface area contributed by atoms with Crippen LogP contribution < -0.4 is 5.32 Å². The molecule has 0 aromatic carbocycles. The number of pyridine rings is 2. The molecular weight excluding hydrogens is 352 g/mol. The van der Waals surface area contributed by atoms with Gasteiger partial charge in [-0.25, -0.2) is 0 Å². The summed E-state index contributed by atoms with van der Waals surface area (Å²) in [7, 11) is 0. The van der Waals surface area contributed by atoms with Gasteiger partial charge < -0.3 is 5.32 Å². The molecule has 1 atom stereocenters. The van der Waals surface area contributed by atoms with Gasteiger partial charge in [-0.05, 0) is 53.1 Å². The zero-order valence-corrected chi connectivity index (χ0v) is 14.8. The van der Waals surface area contributed by atoms with E-state index in [1.165, 1.54) is 4.52 Å². The van der Waals surface area contributed by atoms with E-state index >= 15 is 0 Å². The highest BCUT2D eigenvalue weighted by Crippen LogP contribution is 2.19. The normalized spacial score (nSPS) is 12.5. The first kappa shape index (κ1) is 16.5. The van der Waals surface area contributed by atoms with Crippen LogP contribution in [0.3, 0.4) is 0 Å². The zero-order chi connectivity index (χ0) is 17.9. The fourth-order valence-electron chi connectivity index (χ4n) is 2.72. The molecule has 4 rings (SSSR count). The van der Waals surface area contributed by atoms with Crippen LogP contribution >= 0.6 is 11.8 Å². The molecule has 0 spiro atoms. The number of thioether (sulfide) groups is 1. The van der Waals surface area contributed by atoms with E-state index in [4.69, 9.17) is 0 Å². The number of nitrogens with zero attached hydrogens (tertiary/aromatic N) is 7. The standard InChI is InChI=1S/C16H16N8OS/c1-26-9-7-12(15-20-18-13-4-2-3-8-23(13)15)17-16(25)11-5-6-14-19-21-22-24(14)10-11/h2-6,8,10,12H,7,9H2,1H3,(H,17,25)/t12-/m1/s1. The van der Waals surface area contributed by atoms with E-state index in [0.29, 0.717) is 17.0 Å². The summed E-state index contributed by atoms with van der Waals surface area (Å²) < 4.78 is 3.37. The minimum absolute atomic E-state index is 0.207. The molecule has 132 valence electrons. The van der Waals surface area contributed by atoms with Crippen molar-refractivity contribution in [2.24, 2.45) is 0 Å². The number of tetrazole rings is 1. The first-order chi connectivity index (χ1) is 12.8. The first-order valence-electron chi connectivity index (χ1n) is 8.03. The quantitative estimate of drug-likeness (QED) is 0.548. The maximum absolute atomic E-state index is 12.8. The lowest BCUT2D eigenvalue weighted by Gasteiger charge is -2.17. The molecule has 4 heterocycles. The average molecular weight is 368 g/mol. The van der Waals surface area contributed by atoms with Crippen LogP contribution in [-0.2, 0) is 0 Å². The summed E-state index contributed by atoms with van der Waals surface area (Å²) in [5.41, 5.74) is 1.82. The van der Waals surface area contributed by atoms with Crippen molar-refractivity contribution in [3.8, 4) is 0 Å². The Morgan fingerprint density at radius 2 is 2.12 bits per heavy atom. The van der Waals surface area contributed by atoms with Gasteiger partial charge in [0.2, 0.25) is 0 Å². The van der Waals surface area contributed by atoms with Crippen molar-refractivity contribution >= 4 is 29.0 Å². The Kier molecular flexibility index (Phi) is 4.48. The summed E-state index contributed by atoms with van der Waals surface area (Å²) in [5, 5.41) is 22.8. The van der Waals surface area contributed by atoms with E-state index in [1.807, 2.05) is 35.1 Å². The molecule has 0 fully saturated rings. The first-order valence-corrected chi connectivity index (χ1v) is 9.43. The summed E-state index contributed by atoms with van der Waals surface area (Å²) >= 11 is 1.72. The number of aromatic nitrogens is 7. The smallest absolute Gasteiger partial charge is 0.253 e. The highest BCUT2D eigenvalue weighted by atomic mass is 32.2. The van der Waals surface area contributed by atoms with Crippen molar-refractivity contribution in [1.82, 2.24) is 40.0 Å². The van der Waals surface area contributed by atoms with Crippen LogP contribution in [0, 0.1) is 0 Å². The molecule has 0 saturated carbocycles. The molecule has 26 heavy (non-hydrogen) atoms. The molecule has 0 aliphatic carbocycles. The number of rotatable bonds is 6. The monoisotopic (exact) mass is 368 g/mol. The van der Waals surface area contributed by atoms with Crippen LogP contribution in [0.15, 0.2) is 42.7 Å². The second kappa shape index (κ2) is 7.08. The van der Waals surface area contributed by atoms with Gasteiger partial charge in [-0.1, -0.05) is 6.07 Å². The van der Waals surface area contributed by atoms with Crippen LogP contribution in [0.2, 0.25) is 0 Å². The molecule has 0 aliphatic heterocycles. The van der Waals surface area contributed by atoms with Gasteiger partial charge in [0, 0.05) is 12.4 Å². The molecule has 4 aromatic heterocycles. The van der Waals surface area contributed by atoms with Gasteiger partial charge in [-0.3, -0.25) is 9.20 Å². The Morgan fingerprint density at radius 3 is 3.00 bits per heavy atom. The van der Waals surface area contributed by atoms with Gasteiger partial charge in [-0.2, -0.15) is 16.3 Å². The molecule has 0 radical (unpaired) electrons.